The van der Waals surface area contributed by atoms with Crippen molar-refractivity contribution >= 4 is 0 Å². The van der Waals surface area contributed by atoms with E-state index in [0.29, 0.717) is 0 Å². The van der Waals surface area contributed by atoms with Crippen LogP contribution in [0, 0.1) is 10.1 Å². The minimum absolute atomic E-state index is 0. The van der Waals surface area contributed by atoms with Gasteiger partial charge in [0.2, 0.25) is 0 Å². The van der Waals surface area contributed by atoms with E-state index >= 15 is 0 Å². The van der Waals surface area contributed by atoms with E-state index in [4.69, 9.17) is 10.1 Å². The molecule has 8 nitrogen and oxygen atoms in total. The summed E-state index contributed by atoms with van der Waals surface area (Å²) in [5.74, 6) is 0. The Balaban J connectivity index is -0.000000000714. The maximum absolute atomic E-state index is 8.00. The molecule has 11 heteroatoms. The summed E-state index contributed by atoms with van der Waals surface area (Å²) in [6, 6.07) is 0. The summed E-state index contributed by atoms with van der Waals surface area (Å²) in [5.41, 5.74) is 0. The molecule has 80 valence electrons. The van der Waals surface area contributed by atoms with Crippen molar-refractivity contribution in [2.24, 2.45) is 5.34 Å². The van der Waals surface area contributed by atoms with Crippen LogP contribution in [0.5, 0.6) is 0 Å². The van der Waals surface area contributed by atoms with E-state index in [1.54, 1.807) is 0 Å². The van der Waals surface area contributed by atoms with Gasteiger partial charge in [0, 0.05) is 0 Å². The molecule has 0 rings (SSSR count). The minimum Gasteiger partial charge on any atom is -1.00 e. The van der Waals surface area contributed by atoms with Crippen LogP contribution < -0.4 is 24.8 Å². The Hall–Kier alpha value is 0.286. The predicted octanol–water partition coefficient (Wildman–Crippen LogP) is -2.16. The van der Waals surface area contributed by atoms with Crippen LogP contribution in [0.25, 0.3) is 30.8 Å². The van der Waals surface area contributed by atoms with Gasteiger partial charge < -0.3 is 65.7 Å². The monoisotopic (exact) mass is 255 g/mol. The molecule has 0 heterocycles. The second kappa shape index (κ2) is 536. The van der Waals surface area contributed by atoms with Gasteiger partial charge in [0.1, 0.15) is 0 Å². The van der Waals surface area contributed by atoms with E-state index in [1.807, 2.05) is 0 Å². The van der Waals surface area contributed by atoms with Crippen molar-refractivity contribution in [3.05, 3.63) is 40.9 Å². The van der Waals surface area contributed by atoms with Gasteiger partial charge in [-0.15, -0.1) is 5.34 Å². The van der Waals surface area contributed by atoms with E-state index in [9.17, 15) is 0 Å². The van der Waals surface area contributed by atoms with Gasteiger partial charge in [-0.3, -0.25) is 0 Å². The molecule has 0 aliphatic rings. The van der Waals surface area contributed by atoms with Crippen LogP contribution in [0.4, 0.5) is 0 Å². The molecule has 10 N–H and O–H groups in total. The molecule has 0 radical (unpaired) electrons. The van der Waals surface area contributed by atoms with Crippen molar-refractivity contribution in [3.63, 3.8) is 0 Å². The first-order valence-electron chi connectivity index (χ1n) is 0.365. The molecule has 0 bridgehead atoms. The zero-order valence-corrected chi connectivity index (χ0v) is 7.79. The Bertz CT molecular complexity index is 26.1. The molecular weight excluding hydrogens is 246 g/mol. The SMILES string of the molecule is O=N[O-].[Cl-].[Cl-].[Co+3].[NH2-].[NH2-].[NH2-].[NH2-].[NH2-]. The van der Waals surface area contributed by atoms with Crippen molar-refractivity contribution in [1.29, 1.82) is 0 Å². The normalized spacial score (nSPS) is 1.09. The summed E-state index contributed by atoms with van der Waals surface area (Å²) in [6.07, 6.45) is 0. The Labute approximate surface area is 88.1 Å². The van der Waals surface area contributed by atoms with Crippen LogP contribution in [0.1, 0.15) is 0 Å². The average Bonchev–Trinajstić information content (AvgIpc) is 0.918. The van der Waals surface area contributed by atoms with Crippen LogP contribution in [0.3, 0.4) is 0 Å². The van der Waals surface area contributed by atoms with E-state index in [2.05, 4.69) is 0 Å². The number of hydrogen-bond donors (Lipinski definition) is 0. The zero-order valence-electron chi connectivity index (χ0n) is 5.24. The maximum Gasteiger partial charge on any atom is 3.00 e. The fraction of sp³-hybridized carbons (Fsp3) is 0. The Kier molecular flexibility index (Phi) is 11100. The predicted molar refractivity (Wildman–Crippen MR) is 35.6 cm³/mol. The fourth-order valence-electron chi connectivity index (χ4n) is 0. The number of rotatable bonds is 0. The van der Waals surface area contributed by atoms with Crippen molar-refractivity contribution in [1.82, 2.24) is 0 Å². The third-order valence-corrected chi connectivity index (χ3v) is 0. The first kappa shape index (κ1) is 228. The number of hydrogen-bond acceptors (Lipinski definition) is 3. The van der Waals surface area contributed by atoms with E-state index in [1.165, 1.54) is 0 Å². The maximum atomic E-state index is 8.00. The van der Waals surface area contributed by atoms with Gasteiger partial charge >= 0.3 is 16.8 Å². The third-order valence-electron chi connectivity index (χ3n) is 0. The third kappa shape index (κ3) is 8610. The van der Waals surface area contributed by atoms with E-state index < -0.39 is 0 Å². The molecule has 0 aromatic rings. The minimum atomic E-state index is 0. The van der Waals surface area contributed by atoms with Crippen molar-refractivity contribution in [3.8, 4) is 0 Å². The van der Waals surface area contributed by atoms with Crippen LogP contribution >= 0.6 is 0 Å². The van der Waals surface area contributed by atoms with Gasteiger partial charge in [-0.2, -0.15) is 0 Å². The Morgan fingerprint density at radius 1 is 0.818 bits per heavy atom. The van der Waals surface area contributed by atoms with E-state index in [-0.39, 0.29) is 72.3 Å². The summed E-state index contributed by atoms with van der Waals surface area (Å²) in [6.45, 7) is 0. The van der Waals surface area contributed by atoms with Crippen LogP contribution in [0.2, 0.25) is 0 Å². The van der Waals surface area contributed by atoms with Crippen LogP contribution in [-0.4, -0.2) is 0 Å². The van der Waals surface area contributed by atoms with Crippen molar-refractivity contribution in [2.45, 2.75) is 0 Å². The smallest absolute Gasteiger partial charge is 1.00 e. The molecule has 0 amide bonds. The second-order valence-electron chi connectivity index (χ2n) is 0.0745. The van der Waals surface area contributed by atoms with Gasteiger partial charge in [-0.1, -0.05) is 0 Å². The van der Waals surface area contributed by atoms with Gasteiger partial charge in [0.15, 0.2) is 0 Å². The molecule has 0 aliphatic heterocycles. The number of nitrogens with two attached hydrogens (primary N) is 5. The molecular formula is H10Cl2CoN6O2-5. The van der Waals surface area contributed by atoms with Crippen molar-refractivity contribution < 1.29 is 41.6 Å². The summed E-state index contributed by atoms with van der Waals surface area (Å²) >= 11 is 0. The largest absolute Gasteiger partial charge is 3.00 e. The molecule has 0 aromatic heterocycles. The van der Waals surface area contributed by atoms with Crippen molar-refractivity contribution in [2.75, 3.05) is 0 Å². The number of halogens is 2. The number of nitrogens with zero attached hydrogens (tertiary/aromatic N) is 1. The van der Waals surface area contributed by atoms with Gasteiger partial charge in [-0.25, -0.2) is 0 Å². The first-order valence-corrected chi connectivity index (χ1v) is 0.365. The fourth-order valence-corrected chi connectivity index (χ4v) is 0. The molecule has 0 spiro atoms. The molecule has 0 fully saturated rings. The van der Waals surface area contributed by atoms with Gasteiger partial charge in [0.05, 0.1) is 0 Å². The Morgan fingerprint density at radius 3 is 0.818 bits per heavy atom. The van der Waals surface area contributed by atoms with Gasteiger partial charge in [-0.05, 0) is 0 Å². The summed E-state index contributed by atoms with van der Waals surface area (Å²) in [7, 11) is 0. The van der Waals surface area contributed by atoms with Crippen LogP contribution in [0.15, 0.2) is 5.34 Å². The standard InChI is InChI=1S/2ClH.Co.HNO2.5H2N/c;;;2-1-3;;;;;/h2*1H;;(H,2,3);5*1H2/q;;+3;;5*-1/p-3. The molecule has 11 heavy (non-hydrogen) atoms. The summed E-state index contributed by atoms with van der Waals surface area (Å²) in [4.78, 5) is 8.00. The van der Waals surface area contributed by atoms with Gasteiger partial charge in [0.25, 0.3) is 0 Å². The molecule has 0 saturated carbocycles. The van der Waals surface area contributed by atoms with E-state index in [0.717, 1.165) is 5.34 Å². The zero-order chi connectivity index (χ0) is 2.71. The average molecular weight is 256 g/mol. The molecule has 0 aromatic carbocycles. The topological polar surface area (TPSA) is 220 Å². The molecule has 0 aliphatic carbocycles. The summed E-state index contributed by atoms with van der Waals surface area (Å²) in [5, 5.41) is 9.00. The van der Waals surface area contributed by atoms with Crippen LogP contribution in [-0.2, 0) is 16.8 Å². The Morgan fingerprint density at radius 2 is 0.818 bits per heavy atom. The second-order valence-corrected chi connectivity index (χ2v) is 0.0745. The first-order chi connectivity index (χ1) is 1.41. The molecule has 0 saturated heterocycles. The molecule has 0 atom stereocenters. The molecule has 0 unspecified atom stereocenters. The quantitative estimate of drug-likeness (QED) is 0.348. The summed E-state index contributed by atoms with van der Waals surface area (Å²) < 4.78 is 0.